The van der Waals surface area contributed by atoms with E-state index in [0.29, 0.717) is 0 Å². The maximum atomic E-state index is 4.67. The van der Waals surface area contributed by atoms with Gasteiger partial charge in [0.1, 0.15) is 16.4 Å². The van der Waals surface area contributed by atoms with Gasteiger partial charge in [0.25, 0.3) is 0 Å². The SMILES string of the molecule is c1ccc(-c2csc(-c3csc(Nc4ccc(-n5ccnc5)cc4)n3)n2)nc1. The molecule has 6 nitrogen and oxygen atoms in total. The van der Waals surface area contributed by atoms with Crippen LogP contribution in [-0.4, -0.2) is 24.5 Å². The molecular formula is C20H14N6S2. The molecule has 5 aromatic rings. The highest BCUT2D eigenvalue weighted by Gasteiger charge is 2.11. The lowest BCUT2D eigenvalue weighted by Gasteiger charge is -2.05. The highest BCUT2D eigenvalue weighted by molar-refractivity contribution is 7.15. The van der Waals surface area contributed by atoms with Crippen molar-refractivity contribution in [3.05, 3.63) is 78.1 Å². The number of nitrogens with one attached hydrogen (secondary N) is 1. The second-order valence-electron chi connectivity index (χ2n) is 5.93. The Balaban J connectivity index is 1.32. The molecule has 0 aliphatic carbocycles. The minimum absolute atomic E-state index is 0.833. The average Bonchev–Trinajstić information content (AvgIpc) is 3.50. The number of thiazole rings is 2. The molecule has 0 unspecified atom stereocenters. The molecule has 0 aliphatic heterocycles. The zero-order valence-electron chi connectivity index (χ0n) is 14.6. The van der Waals surface area contributed by atoms with Gasteiger partial charge >= 0.3 is 0 Å². The summed E-state index contributed by atoms with van der Waals surface area (Å²) >= 11 is 3.13. The third-order valence-corrected chi connectivity index (χ3v) is 5.70. The van der Waals surface area contributed by atoms with E-state index in [1.54, 1.807) is 41.4 Å². The lowest BCUT2D eigenvalue weighted by Crippen LogP contribution is -1.92. The van der Waals surface area contributed by atoms with Crippen LogP contribution in [0.25, 0.3) is 27.8 Å². The van der Waals surface area contributed by atoms with E-state index >= 15 is 0 Å². The van der Waals surface area contributed by atoms with Crippen LogP contribution in [0.15, 0.2) is 78.1 Å². The first kappa shape index (κ1) is 16.8. The van der Waals surface area contributed by atoms with E-state index in [2.05, 4.69) is 25.3 Å². The maximum Gasteiger partial charge on any atom is 0.187 e. The van der Waals surface area contributed by atoms with Crippen LogP contribution in [0.3, 0.4) is 0 Å². The maximum absolute atomic E-state index is 4.67. The molecule has 0 radical (unpaired) electrons. The van der Waals surface area contributed by atoms with E-state index < -0.39 is 0 Å². The van der Waals surface area contributed by atoms with Crippen LogP contribution in [0.2, 0.25) is 0 Å². The summed E-state index contributed by atoms with van der Waals surface area (Å²) in [6, 6.07) is 14.0. The third-order valence-electron chi connectivity index (χ3n) is 4.08. The summed E-state index contributed by atoms with van der Waals surface area (Å²) in [5.41, 5.74) is 4.66. The molecule has 0 spiro atoms. The van der Waals surface area contributed by atoms with Gasteiger partial charge in [0.2, 0.25) is 0 Å². The molecule has 5 rings (SSSR count). The molecule has 8 heteroatoms. The largest absolute Gasteiger partial charge is 0.332 e. The van der Waals surface area contributed by atoms with Gasteiger partial charge in [-0.2, -0.15) is 0 Å². The molecule has 0 aliphatic rings. The number of benzene rings is 1. The number of aromatic nitrogens is 5. The standard InChI is InChI=1S/C20H14N6S2/c1-2-8-22-16(3-1)17-11-27-19(24-17)18-12-28-20(25-18)23-14-4-6-15(7-5-14)26-10-9-21-13-26/h1-13H,(H,23,25). The van der Waals surface area contributed by atoms with E-state index in [9.17, 15) is 0 Å². The van der Waals surface area contributed by atoms with Gasteiger partial charge in [-0.25, -0.2) is 15.0 Å². The minimum atomic E-state index is 0.833. The lowest BCUT2D eigenvalue weighted by molar-refractivity contribution is 1.06. The Morgan fingerprint density at radius 1 is 0.821 bits per heavy atom. The second-order valence-corrected chi connectivity index (χ2v) is 7.65. The molecule has 1 N–H and O–H groups in total. The Labute approximate surface area is 169 Å². The highest BCUT2D eigenvalue weighted by Crippen LogP contribution is 2.31. The number of anilines is 2. The minimum Gasteiger partial charge on any atom is -0.332 e. The zero-order chi connectivity index (χ0) is 18.8. The molecule has 136 valence electrons. The fraction of sp³-hybridized carbons (Fsp3) is 0. The Bertz CT molecular complexity index is 1180. The normalized spacial score (nSPS) is 10.9. The summed E-state index contributed by atoms with van der Waals surface area (Å²) in [6.07, 6.45) is 7.24. The lowest BCUT2D eigenvalue weighted by atomic mass is 10.3. The fourth-order valence-electron chi connectivity index (χ4n) is 2.70. The molecule has 4 heterocycles. The van der Waals surface area contributed by atoms with E-state index in [0.717, 1.165) is 38.6 Å². The number of imidazole rings is 1. The summed E-state index contributed by atoms with van der Waals surface area (Å²) in [4.78, 5) is 17.8. The predicted molar refractivity (Wildman–Crippen MR) is 113 cm³/mol. The first-order valence-electron chi connectivity index (χ1n) is 8.53. The molecule has 0 bridgehead atoms. The average molecular weight is 403 g/mol. The van der Waals surface area contributed by atoms with Gasteiger partial charge in [0, 0.05) is 40.7 Å². The van der Waals surface area contributed by atoms with Crippen LogP contribution in [0.1, 0.15) is 0 Å². The topological polar surface area (TPSA) is 68.5 Å². The Morgan fingerprint density at radius 3 is 2.50 bits per heavy atom. The van der Waals surface area contributed by atoms with Crippen LogP contribution < -0.4 is 5.32 Å². The van der Waals surface area contributed by atoms with Crippen molar-refractivity contribution >= 4 is 33.5 Å². The van der Waals surface area contributed by atoms with Crippen LogP contribution in [-0.2, 0) is 0 Å². The number of hydrogen-bond donors (Lipinski definition) is 1. The molecule has 0 amide bonds. The van der Waals surface area contributed by atoms with E-state index in [1.165, 1.54) is 0 Å². The summed E-state index contributed by atoms with van der Waals surface area (Å²) in [5.74, 6) is 0. The number of rotatable bonds is 5. The molecule has 0 saturated heterocycles. The van der Waals surface area contributed by atoms with Gasteiger partial charge < -0.3 is 9.88 Å². The van der Waals surface area contributed by atoms with E-state index in [1.807, 2.05) is 64.0 Å². The van der Waals surface area contributed by atoms with Gasteiger partial charge in [-0.15, -0.1) is 22.7 Å². The fourth-order valence-corrected chi connectivity index (χ4v) is 4.27. The van der Waals surface area contributed by atoms with Crippen LogP contribution in [0.5, 0.6) is 0 Å². The van der Waals surface area contributed by atoms with E-state index in [-0.39, 0.29) is 0 Å². The summed E-state index contributed by atoms with van der Waals surface area (Å²) in [6.45, 7) is 0. The van der Waals surface area contributed by atoms with Crippen molar-refractivity contribution in [2.45, 2.75) is 0 Å². The van der Waals surface area contributed by atoms with E-state index in [4.69, 9.17) is 0 Å². The first-order valence-corrected chi connectivity index (χ1v) is 10.3. The van der Waals surface area contributed by atoms with Crippen LogP contribution in [0, 0.1) is 0 Å². The van der Waals surface area contributed by atoms with Crippen LogP contribution in [0.4, 0.5) is 10.8 Å². The smallest absolute Gasteiger partial charge is 0.187 e. The van der Waals surface area contributed by atoms with Crippen molar-refractivity contribution in [2.24, 2.45) is 0 Å². The molecular weight excluding hydrogens is 388 g/mol. The summed E-state index contributed by atoms with van der Waals surface area (Å²) in [5, 5.41) is 9.10. The van der Waals surface area contributed by atoms with Gasteiger partial charge in [-0.05, 0) is 36.4 Å². The number of nitrogens with zero attached hydrogens (tertiary/aromatic N) is 5. The van der Waals surface area contributed by atoms with Crippen molar-refractivity contribution < 1.29 is 0 Å². The first-order chi connectivity index (χ1) is 13.8. The van der Waals surface area contributed by atoms with Crippen LogP contribution >= 0.6 is 22.7 Å². The van der Waals surface area contributed by atoms with Crippen molar-refractivity contribution in [1.82, 2.24) is 24.5 Å². The summed E-state index contributed by atoms with van der Waals surface area (Å²) < 4.78 is 1.97. The Hall–Kier alpha value is -3.36. The molecule has 4 aromatic heterocycles. The zero-order valence-corrected chi connectivity index (χ0v) is 16.2. The second kappa shape index (κ2) is 7.34. The molecule has 28 heavy (non-hydrogen) atoms. The van der Waals surface area contributed by atoms with Gasteiger partial charge in [-0.1, -0.05) is 6.07 Å². The van der Waals surface area contributed by atoms with Crippen molar-refractivity contribution in [3.8, 4) is 27.8 Å². The third kappa shape index (κ3) is 3.42. The van der Waals surface area contributed by atoms with Gasteiger partial charge in [0.15, 0.2) is 5.13 Å². The van der Waals surface area contributed by atoms with Gasteiger partial charge in [0.05, 0.1) is 12.0 Å². The number of pyridine rings is 1. The Morgan fingerprint density at radius 2 is 1.71 bits per heavy atom. The number of hydrogen-bond acceptors (Lipinski definition) is 7. The molecule has 0 saturated carbocycles. The summed E-state index contributed by atoms with van der Waals surface area (Å²) in [7, 11) is 0. The molecule has 1 aromatic carbocycles. The predicted octanol–water partition coefficient (Wildman–Crippen LogP) is 5.26. The van der Waals surface area contributed by atoms with Gasteiger partial charge in [-0.3, -0.25) is 4.98 Å². The van der Waals surface area contributed by atoms with Crippen molar-refractivity contribution in [2.75, 3.05) is 5.32 Å². The highest BCUT2D eigenvalue weighted by atomic mass is 32.1. The van der Waals surface area contributed by atoms with Crippen molar-refractivity contribution in [3.63, 3.8) is 0 Å². The monoisotopic (exact) mass is 402 g/mol. The molecule has 0 atom stereocenters. The molecule has 0 fully saturated rings. The van der Waals surface area contributed by atoms with Crippen molar-refractivity contribution in [1.29, 1.82) is 0 Å². The Kier molecular flexibility index (Phi) is 4.40. The quantitative estimate of drug-likeness (QED) is 0.434.